The molecule has 0 unspecified atom stereocenters. The van der Waals surface area contributed by atoms with Crippen LogP contribution >= 0.6 is 0 Å². The number of rotatable bonds is 3. The van der Waals surface area contributed by atoms with Crippen LogP contribution in [0.15, 0.2) is 48.7 Å². The van der Waals surface area contributed by atoms with Crippen molar-refractivity contribution in [1.82, 2.24) is 9.88 Å². The number of carbonyl (C=O) groups excluding carboxylic acids is 1. The van der Waals surface area contributed by atoms with E-state index in [1.807, 2.05) is 11.9 Å². The molecule has 7 heteroatoms. The highest BCUT2D eigenvalue weighted by molar-refractivity contribution is 5.91. The van der Waals surface area contributed by atoms with E-state index in [0.717, 1.165) is 6.07 Å². The van der Waals surface area contributed by atoms with Crippen LogP contribution in [0.2, 0.25) is 0 Å². The normalized spacial score (nSPS) is 18.9. The minimum absolute atomic E-state index is 0.193. The fourth-order valence-corrected chi connectivity index (χ4v) is 2.94. The molecule has 2 aromatic rings. The first kappa shape index (κ1) is 19.5. The molecule has 2 heterocycles. The lowest BCUT2D eigenvalue weighted by molar-refractivity contribution is 0.0995. The van der Waals surface area contributed by atoms with Gasteiger partial charge in [0.05, 0.1) is 11.4 Å². The number of nitrogens with two attached hydrogens (primary N) is 1. The predicted octanol–water partition coefficient (Wildman–Crippen LogP) is 2.72. The van der Waals surface area contributed by atoms with Crippen LogP contribution in [-0.4, -0.2) is 40.1 Å². The van der Waals surface area contributed by atoms with Crippen molar-refractivity contribution in [1.29, 1.82) is 0 Å². The Morgan fingerprint density at radius 3 is 2.75 bits per heavy atom. The molecule has 1 fully saturated rings. The number of aromatic nitrogens is 1. The van der Waals surface area contributed by atoms with Gasteiger partial charge in [0.2, 0.25) is 0 Å². The minimum atomic E-state index is -2.76. The van der Waals surface area contributed by atoms with E-state index < -0.39 is 17.9 Å². The summed E-state index contributed by atoms with van der Waals surface area (Å²) in [6.07, 6.45) is -2.31. The van der Waals surface area contributed by atoms with Gasteiger partial charge in [-0.05, 0) is 24.3 Å². The van der Waals surface area contributed by atoms with E-state index in [-0.39, 0.29) is 17.0 Å². The first-order chi connectivity index (χ1) is 13.2. The molecule has 0 saturated carbocycles. The average molecular weight is 383 g/mol. The Hall–Kier alpha value is -3.24. The van der Waals surface area contributed by atoms with Gasteiger partial charge in [-0.1, -0.05) is 30.6 Å². The second-order valence-corrected chi connectivity index (χ2v) is 6.65. The predicted molar refractivity (Wildman–Crippen MR) is 101 cm³/mol. The number of aliphatic hydroxyl groups is 1. The van der Waals surface area contributed by atoms with Crippen LogP contribution in [0.1, 0.15) is 34.5 Å². The lowest BCUT2D eigenvalue weighted by Gasteiger charge is -2.19. The summed E-state index contributed by atoms with van der Waals surface area (Å²) in [7, 11) is 1.83. The van der Waals surface area contributed by atoms with Crippen molar-refractivity contribution in [2.45, 2.75) is 18.4 Å². The van der Waals surface area contributed by atoms with Crippen molar-refractivity contribution < 1.29 is 18.7 Å². The van der Waals surface area contributed by atoms with Gasteiger partial charge in [-0.25, -0.2) is 13.8 Å². The highest BCUT2D eigenvalue weighted by Crippen LogP contribution is 2.29. The highest BCUT2D eigenvalue weighted by atomic mass is 19.3. The van der Waals surface area contributed by atoms with Crippen molar-refractivity contribution in [3.63, 3.8) is 0 Å². The summed E-state index contributed by atoms with van der Waals surface area (Å²) in [6, 6.07) is 8.94. The summed E-state index contributed by atoms with van der Waals surface area (Å²) in [6.45, 7) is 4.52. The maximum Gasteiger partial charge on any atom is 0.267 e. The van der Waals surface area contributed by atoms with E-state index in [4.69, 9.17) is 5.73 Å². The minimum Gasteiger partial charge on any atom is -0.375 e. The average Bonchev–Trinajstić information content (AvgIpc) is 2.94. The van der Waals surface area contributed by atoms with Gasteiger partial charge in [0.15, 0.2) is 5.60 Å². The zero-order chi connectivity index (χ0) is 20.5. The number of hydrogen-bond donors (Lipinski definition) is 2. The molecular formula is C21H19F2N3O2. The summed E-state index contributed by atoms with van der Waals surface area (Å²) < 4.78 is 26.3. The number of likely N-dealkylation sites (tertiary alicyclic amines) is 1. The van der Waals surface area contributed by atoms with Crippen molar-refractivity contribution in [3.8, 4) is 23.1 Å². The summed E-state index contributed by atoms with van der Waals surface area (Å²) >= 11 is 0. The number of nitrogens with zero attached hydrogens (tertiary/aromatic N) is 2. The third-order valence-electron chi connectivity index (χ3n) is 4.67. The topological polar surface area (TPSA) is 79.5 Å². The van der Waals surface area contributed by atoms with Crippen molar-refractivity contribution in [2.75, 3.05) is 13.6 Å². The molecule has 0 bridgehead atoms. The second-order valence-electron chi connectivity index (χ2n) is 6.65. The fourth-order valence-electron chi connectivity index (χ4n) is 2.94. The number of pyridine rings is 1. The van der Waals surface area contributed by atoms with Gasteiger partial charge < -0.3 is 15.7 Å². The molecule has 1 aromatic heterocycles. The van der Waals surface area contributed by atoms with Gasteiger partial charge >= 0.3 is 0 Å². The van der Waals surface area contributed by atoms with Crippen molar-refractivity contribution in [3.05, 3.63) is 65.5 Å². The maximum absolute atomic E-state index is 13.1. The number of alkyl halides is 2. The van der Waals surface area contributed by atoms with Gasteiger partial charge in [0.25, 0.3) is 12.3 Å². The monoisotopic (exact) mass is 383 g/mol. The van der Waals surface area contributed by atoms with Gasteiger partial charge in [0, 0.05) is 36.7 Å². The maximum atomic E-state index is 13.1. The summed E-state index contributed by atoms with van der Waals surface area (Å²) in [4.78, 5) is 17.3. The molecule has 0 aliphatic carbocycles. The summed E-state index contributed by atoms with van der Waals surface area (Å²) in [5.41, 5.74) is 5.15. The van der Waals surface area contributed by atoms with Crippen LogP contribution in [0.3, 0.4) is 0 Å². The standard InChI is InChI=1S/C21H19F2N3O2/c1-13-21(28,8-9-26(13)2)7-6-14-4-3-5-15(10-14)17-11-16(19(22)23)12-18(25-17)20(24)27/h3-5,10-12,19,28H,1,8-9H2,2H3,(H2,24,27)/t21-/m0/s1. The van der Waals surface area contributed by atoms with Gasteiger partial charge in [0.1, 0.15) is 5.69 Å². The van der Waals surface area contributed by atoms with Crippen molar-refractivity contribution >= 4 is 5.91 Å². The second kappa shape index (κ2) is 7.41. The lowest BCUT2D eigenvalue weighted by Crippen LogP contribution is -2.26. The van der Waals surface area contributed by atoms with Crippen LogP contribution in [0, 0.1) is 11.8 Å². The Balaban J connectivity index is 1.98. The first-order valence-electron chi connectivity index (χ1n) is 8.56. The van der Waals surface area contributed by atoms with Gasteiger partial charge in [-0.2, -0.15) is 0 Å². The molecule has 1 atom stereocenters. The van der Waals surface area contributed by atoms with E-state index in [1.165, 1.54) is 6.07 Å². The van der Waals surface area contributed by atoms with Gasteiger partial charge in [-0.15, -0.1) is 0 Å². The van der Waals surface area contributed by atoms with Crippen LogP contribution in [0.5, 0.6) is 0 Å². The van der Waals surface area contributed by atoms with Crippen LogP contribution in [-0.2, 0) is 0 Å². The van der Waals surface area contributed by atoms with Gasteiger partial charge in [-0.3, -0.25) is 4.79 Å². The SMILES string of the molecule is C=C1N(C)CC[C@@]1(O)C#Cc1cccc(-c2cc(C(F)F)cc(C(N)=O)n2)c1. The number of primary amides is 1. The third kappa shape index (κ3) is 3.87. The quantitative estimate of drug-likeness (QED) is 0.799. The molecular weight excluding hydrogens is 364 g/mol. The zero-order valence-electron chi connectivity index (χ0n) is 15.2. The Morgan fingerprint density at radius 2 is 2.14 bits per heavy atom. The number of amides is 1. The summed E-state index contributed by atoms with van der Waals surface area (Å²) in [5.74, 6) is 4.87. The molecule has 28 heavy (non-hydrogen) atoms. The van der Waals surface area contributed by atoms with E-state index in [1.54, 1.807) is 24.3 Å². The van der Waals surface area contributed by atoms with Crippen molar-refractivity contribution in [2.24, 2.45) is 5.73 Å². The van der Waals surface area contributed by atoms with E-state index in [9.17, 15) is 18.7 Å². The molecule has 5 nitrogen and oxygen atoms in total. The molecule has 3 N–H and O–H groups in total. The number of halogens is 2. The molecule has 0 spiro atoms. The smallest absolute Gasteiger partial charge is 0.267 e. The molecule has 144 valence electrons. The number of carbonyl (C=O) groups is 1. The Kier molecular flexibility index (Phi) is 5.16. The van der Waals surface area contributed by atoms with Crippen LogP contribution in [0.25, 0.3) is 11.3 Å². The van der Waals surface area contributed by atoms with Crippen LogP contribution in [0.4, 0.5) is 8.78 Å². The molecule has 1 aliphatic heterocycles. The summed E-state index contributed by atoms with van der Waals surface area (Å²) in [5, 5.41) is 10.6. The largest absolute Gasteiger partial charge is 0.375 e. The molecule has 3 rings (SSSR count). The highest BCUT2D eigenvalue weighted by Gasteiger charge is 2.36. The fraction of sp³-hybridized carbons (Fsp3) is 0.238. The van der Waals surface area contributed by atoms with E-state index >= 15 is 0 Å². The Bertz CT molecular complexity index is 1010. The third-order valence-corrected chi connectivity index (χ3v) is 4.67. The van der Waals surface area contributed by atoms with E-state index in [0.29, 0.717) is 29.8 Å². The molecule has 1 aliphatic rings. The molecule has 1 aromatic carbocycles. The van der Waals surface area contributed by atoms with Crippen LogP contribution < -0.4 is 5.73 Å². The lowest BCUT2D eigenvalue weighted by atomic mass is 10.00. The molecule has 1 saturated heterocycles. The number of hydrogen-bond acceptors (Lipinski definition) is 4. The molecule has 0 radical (unpaired) electrons. The Morgan fingerprint density at radius 1 is 1.39 bits per heavy atom. The number of likely N-dealkylation sites (N-methyl/N-ethyl adjacent to an activating group) is 1. The Labute approximate surface area is 161 Å². The van der Waals surface area contributed by atoms with E-state index in [2.05, 4.69) is 23.4 Å². The molecule has 1 amide bonds. The zero-order valence-corrected chi connectivity index (χ0v) is 15.2. The number of benzene rings is 1. The first-order valence-corrected chi connectivity index (χ1v) is 8.56.